The fraction of sp³-hybridized carbons (Fsp3) is 0.200. The lowest BCUT2D eigenvalue weighted by Crippen LogP contribution is -2.00. The van der Waals surface area contributed by atoms with Crippen molar-refractivity contribution in [3.8, 4) is 5.69 Å². The predicted molar refractivity (Wildman–Crippen MR) is 81.4 cm³/mol. The van der Waals surface area contributed by atoms with Crippen LogP contribution in [-0.2, 0) is 11.3 Å². The molecule has 1 N–H and O–H groups in total. The van der Waals surface area contributed by atoms with Crippen LogP contribution in [0.1, 0.15) is 20.9 Å². The van der Waals surface area contributed by atoms with Crippen LogP contribution in [0, 0.1) is 6.92 Å². The number of methoxy groups -OCH3 is 1. The van der Waals surface area contributed by atoms with Crippen molar-refractivity contribution in [1.29, 1.82) is 0 Å². The van der Waals surface area contributed by atoms with E-state index in [9.17, 15) is 9.90 Å². The number of hydrogen-bond acceptors (Lipinski definition) is 4. The molecule has 0 radical (unpaired) electrons. The molecule has 0 atom stereocenters. The molecule has 0 bridgehead atoms. The molecule has 0 aliphatic heterocycles. The number of para-hydroxylation sites is 1. The number of nitrogens with zero attached hydrogens (tertiary/aromatic N) is 2. The summed E-state index contributed by atoms with van der Waals surface area (Å²) in [7, 11) is 1.60. The zero-order valence-corrected chi connectivity index (χ0v) is 12.5. The van der Waals surface area contributed by atoms with Gasteiger partial charge in [0.05, 0.1) is 18.0 Å². The van der Waals surface area contributed by atoms with Crippen LogP contribution in [0.25, 0.3) is 15.9 Å². The molecule has 108 valence electrons. The van der Waals surface area contributed by atoms with E-state index in [4.69, 9.17) is 4.74 Å². The van der Waals surface area contributed by atoms with Crippen molar-refractivity contribution in [3.05, 3.63) is 46.5 Å². The molecule has 0 saturated carbocycles. The number of carboxylic acids is 1. The minimum atomic E-state index is -0.920. The largest absolute Gasteiger partial charge is 0.477 e. The highest BCUT2D eigenvalue weighted by molar-refractivity contribution is 7.20. The van der Waals surface area contributed by atoms with Crippen molar-refractivity contribution in [2.24, 2.45) is 0 Å². The molecule has 0 unspecified atom stereocenters. The molecule has 21 heavy (non-hydrogen) atoms. The maximum atomic E-state index is 11.2. The first kappa shape index (κ1) is 13.8. The number of thiophene rings is 1. The molecule has 0 spiro atoms. The lowest BCUT2D eigenvalue weighted by Gasteiger charge is -2.05. The van der Waals surface area contributed by atoms with Crippen molar-refractivity contribution < 1.29 is 14.6 Å². The molecule has 3 rings (SSSR count). The maximum absolute atomic E-state index is 11.2. The second-order valence-corrected chi connectivity index (χ2v) is 5.74. The number of hydrogen-bond donors (Lipinski definition) is 1. The Labute approximate surface area is 125 Å². The number of fused-ring (bicyclic) bond motifs is 1. The molecule has 0 aliphatic rings. The molecular weight excluding hydrogens is 288 g/mol. The molecule has 2 heterocycles. The molecule has 3 aromatic rings. The van der Waals surface area contributed by atoms with Gasteiger partial charge in [0.1, 0.15) is 9.71 Å². The average Bonchev–Trinajstić information content (AvgIpc) is 3.01. The standard InChI is InChI=1S/C15H14N2O3S/c1-9-5-3-4-6-12(9)17-14-10(11(16-17)8-20-2)7-13(21-14)15(18)19/h3-7H,8H2,1-2H3,(H,18,19). The number of aromatic carboxylic acids is 1. The monoisotopic (exact) mass is 302 g/mol. The quantitative estimate of drug-likeness (QED) is 0.803. The molecule has 0 amide bonds. The summed E-state index contributed by atoms with van der Waals surface area (Å²) in [5.74, 6) is -0.920. The Hall–Kier alpha value is -2.18. The van der Waals surface area contributed by atoms with Crippen LogP contribution in [0.15, 0.2) is 30.3 Å². The number of carboxylic acid groups (broad SMARTS) is 1. The second kappa shape index (κ2) is 5.31. The van der Waals surface area contributed by atoms with Crippen molar-refractivity contribution in [2.45, 2.75) is 13.5 Å². The van der Waals surface area contributed by atoms with Crippen molar-refractivity contribution in [2.75, 3.05) is 7.11 Å². The third-order valence-electron chi connectivity index (χ3n) is 3.27. The summed E-state index contributed by atoms with van der Waals surface area (Å²) >= 11 is 1.23. The molecule has 0 fully saturated rings. The van der Waals surface area contributed by atoms with Gasteiger partial charge < -0.3 is 9.84 Å². The lowest BCUT2D eigenvalue weighted by molar-refractivity contribution is 0.0702. The van der Waals surface area contributed by atoms with Crippen molar-refractivity contribution >= 4 is 27.5 Å². The minimum absolute atomic E-state index is 0.307. The van der Waals surface area contributed by atoms with Gasteiger partial charge in [0.15, 0.2) is 0 Å². The lowest BCUT2D eigenvalue weighted by atomic mass is 10.2. The smallest absolute Gasteiger partial charge is 0.345 e. The van der Waals surface area contributed by atoms with Gasteiger partial charge in [-0.25, -0.2) is 9.48 Å². The Balaban J connectivity index is 2.27. The number of aryl methyl sites for hydroxylation is 1. The highest BCUT2D eigenvalue weighted by atomic mass is 32.1. The van der Waals surface area contributed by atoms with E-state index < -0.39 is 5.97 Å². The molecule has 2 aromatic heterocycles. The summed E-state index contributed by atoms with van der Waals surface area (Å²) < 4.78 is 6.97. The first-order valence-corrected chi connectivity index (χ1v) is 7.23. The van der Waals surface area contributed by atoms with Gasteiger partial charge in [0, 0.05) is 12.5 Å². The van der Waals surface area contributed by atoms with E-state index in [0.29, 0.717) is 11.5 Å². The van der Waals surface area contributed by atoms with E-state index in [1.165, 1.54) is 11.3 Å². The van der Waals surface area contributed by atoms with Gasteiger partial charge in [0.25, 0.3) is 0 Å². The number of aromatic nitrogens is 2. The SMILES string of the molecule is COCc1nn(-c2ccccc2C)c2sc(C(=O)O)cc12. The van der Waals surface area contributed by atoms with Gasteiger partial charge in [-0.2, -0.15) is 5.10 Å². The third-order valence-corrected chi connectivity index (χ3v) is 4.37. The summed E-state index contributed by atoms with van der Waals surface area (Å²) in [6.45, 7) is 2.36. The topological polar surface area (TPSA) is 64.4 Å². The Morgan fingerprint density at radius 1 is 1.43 bits per heavy atom. The maximum Gasteiger partial charge on any atom is 0.345 e. The summed E-state index contributed by atoms with van der Waals surface area (Å²) in [5.41, 5.74) is 2.78. The summed E-state index contributed by atoms with van der Waals surface area (Å²) in [4.78, 5) is 12.3. The zero-order chi connectivity index (χ0) is 15.0. The third kappa shape index (κ3) is 2.32. The summed E-state index contributed by atoms with van der Waals surface area (Å²) in [6.07, 6.45) is 0. The van der Waals surface area contributed by atoms with Gasteiger partial charge in [-0.05, 0) is 24.6 Å². The predicted octanol–water partition coefficient (Wildman–Crippen LogP) is 3.24. The van der Waals surface area contributed by atoms with E-state index in [1.807, 2.05) is 31.2 Å². The van der Waals surface area contributed by atoms with Gasteiger partial charge in [0.2, 0.25) is 0 Å². The molecule has 1 aromatic carbocycles. The minimum Gasteiger partial charge on any atom is -0.477 e. The van der Waals surface area contributed by atoms with Crippen molar-refractivity contribution in [1.82, 2.24) is 9.78 Å². The fourth-order valence-corrected chi connectivity index (χ4v) is 3.26. The van der Waals surface area contributed by atoms with Crippen LogP contribution < -0.4 is 0 Å². The first-order valence-electron chi connectivity index (χ1n) is 6.41. The Kier molecular flexibility index (Phi) is 3.48. The first-order chi connectivity index (χ1) is 10.1. The number of rotatable bonds is 4. The number of benzene rings is 1. The van der Waals surface area contributed by atoms with Crippen LogP contribution >= 0.6 is 11.3 Å². The molecular formula is C15H14N2O3S. The summed E-state index contributed by atoms with van der Waals surface area (Å²) in [5, 5.41) is 14.6. The van der Waals surface area contributed by atoms with Crippen LogP contribution in [0.5, 0.6) is 0 Å². The van der Waals surface area contributed by atoms with E-state index in [2.05, 4.69) is 5.10 Å². The van der Waals surface area contributed by atoms with Gasteiger partial charge in [-0.1, -0.05) is 18.2 Å². The van der Waals surface area contributed by atoms with Crippen LogP contribution in [0.3, 0.4) is 0 Å². The molecule has 0 saturated heterocycles. The zero-order valence-electron chi connectivity index (χ0n) is 11.7. The molecule has 0 aliphatic carbocycles. The average molecular weight is 302 g/mol. The Morgan fingerprint density at radius 2 is 2.19 bits per heavy atom. The van der Waals surface area contributed by atoms with E-state index in [-0.39, 0.29) is 0 Å². The van der Waals surface area contributed by atoms with Gasteiger partial charge in [-0.15, -0.1) is 11.3 Å². The highest BCUT2D eigenvalue weighted by Crippen LogP contribution is 2.31. The number of carbonyl (C=O) groups is 1. The fourth-order valence-electron chi connectivity index (χ4n) is 2.28. The van der Waals surface area contributed by atoms with Crippen LogP contribution in [0.2, 0.25) is 0 Å². The van der Waals surface area contributed by atoms with E-state index >= 15 is 0 Å². The van der Waals surface area contributed by atoms with Crippen LogP contribution in [0.4, 0.5) is 0 Å². The van der Waals surface area contributed by atoms with E-state index in [1.54, 1.807) is 17.9 Å². The normalized spacial score (nSPS) is 11.1. The second-order valence-electron chi connectivity index (χ2n) is 4.71. The van der Waals surface area contributed by atoms with Gasteiger partial charge >= 0.3 is 5.97 Å². The molecule has 5 nitrogen and oxygen atoms in total. The van der Waals surface area contributed by atoms with Crippen molar-refractivity contribution in [3.63, 3.8) is 0 Å². The molecule has 6 heteroatoms. The van der Waals surface area contributed by atoms with E-state index in [0.717, 1.165) is 27.2 Å². The van der Waals surface area contributed by atoms with Gasteiger partial charge in [-0.3, -0.25) is 0 Å². The summed E-state index contributed by atoms with van der Waals surface area (Å²) in [6, 6.07) is 9.55. The highest BCUT2D eigenvalue weighted by Gasteiger charge is 2.18. The van der Waals surface area contributed by atoms with Crippen LogP contribution in [-0.4, -0.2) is 28.0 Å². The number of ether oxygens (including phenoxy) is 1. The Bertz CT molecular complexity index is 820. The Morgan fingerprint density at radius 3 is 2.86 bits per heavy atom.